The predicted molar refractivity (Wildman–Crippen MR) is 46.5 cm³/mol. The lowest BCUT2D eigenvalue weighted by molar-refractivity contribution is 1.01. The molecule has 4 heteroatoms. The lowest BCUT2D eigenvalue weighted by Gasteiger charge is -2.02. The first-order valence-corrected chi connectivity index (χ1v) is 3.81. The molecule has 2 rings (SSSR count). The fourth-order valence-corrected chi connectivity index (χ4v) is 0.963. The van der Waals surface area contributed by atoms with E-state index in [0.717, 1.165) is 13.0 Å². The van der Waals surface area contributed by atoms with Crippen LogP contribution in [0.4, 0.5) is 0 Å². The van der Waals surface area contributed by atoms with Gasteiger partial charge in [-0.3, -0.25) is 4.99 Å². The third kappa shape index (κ3) is 1.37. The summed E-state index contributed by atoms with van der Waals surface area (Å²) in [6.07, 6.45) is 6.14. The fraction of sp³-hybridized carbons (Fsp3) is 0.250. The Morgan fingerprint density at radius 3 is 2.67 bits per heavy atom. The van der Waals surface area contributed by atoms with E-state index in [0.29, 0.717) is 11.7 Å². The van der Waals surface area contributed by atoms with Gasteiger partial charge in [-0.1, -0.05) is 0 Å². The van der Waals surface area contributed by atoms with Crippen molar-refractivity contribution in [2.75, 3.05) is 6.54 Å². The van der Waals surface area contributed by atoms with Gasteiger partial charge in [0, 0.05) is 31.6 Å². The van der Waals surface area contributed by atoms with E-state index in [1.54, 1.807) is 18.5 Å². The van der Waals surface area contributed by atoms with Crippen LogP contribution < -0.4 is 0 Å². The highest BCUT2D eigenvalue weighted by atomic mass is 15.0. The van der Waals surface area contributed by atoms with E-state index in [4.69, 9.17) is 0 Å². The van der Waals surface area contributed by atoms with Gasteiger partial charge in [-0.15, -0.1) is 0 Å². The fourth-order valence-electron chi connectivity index (χ4n) is 0.963. The van der Waals surface area contributed by atoms with Crippen molar-refractivity contribution < 1.29 is 0 Å². The molecular formula is C8H8N4. The van der Waals surface area contributed by atoms with Gasteiger partial charge in [0.15, 0.2) is 11.7 Å². The molecule has 0 N–H and O–H groups in total. The molecule has 1 aromatic heterocycles. The van der Waals surface area contributed by atoms with Gasteiger partial charge in [-0.05, 0) is 6.07 Å². The second-order valence-corrected chi connectivity index (χ2v) is 2.38. The van der Waals surface area contributed by atoms with E-state index in [2.05, 4.69) is 20.0 Å². The van der Waals surface area contributed by atoms with Crippen molar-refractivity contribution in [1.82, 2.24) is 9.97 Å². The quantitative estimate of drug-likeness (QED) is 0.607. The molecule has 0 aromatic carbocycles. The van der Waals surface area contributed by atoms with Gasteiger partial charge >= 0.3 is 0 Å². The standard InChI is InChI=1S/C8H8N4/c1-3-9-7(10-4-1)8-11-5-2-6-12-8/h1,3-5H,2,6H2. The smallest absolute Gasteiger partial charge is 0.197 e. The Labute approximate surface area is 70.1 Å². The minimum Gasteiger partial charge on any atom is -0.263 e. The van der Waals surface area contributed by atoms with Crippen molar-refractivity contribution in [3.63, 3.8) is 0 Å². The molecule has 1 aromatic rings. The molecule has 0 fully saturated rings. The first-order chi connectivity index (χ1) is 5.97. The van der Waals surface area contributed by atoms with E-state index < -0.39 is 0 Å². The summed E-state index contributed by atoms with van der Waals surface area (Å²) in [5.74, 6) is 1.25. The normalized spacial score (nSPS) is 15.8. The molecule has 12 heavy (non-hydrogen) atoms. The van der Waals surface area contributed by atoms with Crippen molar-refractivity contribution in [2.45, 2.75) is 6.42 Å². The zero-order valence-electron chi connectivity index (χ0n) is 6.51. The number of amidine groups is 1. The average Bonchev–Trinajstić information content (AvgIpc) is 2.21. The third-order valence-corrected chi connectivity index (χ3v) is 1.50. The van der Waals surface area contributed by atoms with Gasteiger partial charge in [0.25, 0.3) is 0 Å². The summed E-state index contributed by atoms with van der Waals surface area (Å²) >= 11 is 0. The maximum absolute atomic E-state index is 4.19. The van der Waals surface area contributed by atoms with E-state index >= 15 is 0 Å². The summed E-state index contributed by atoms with van der Waals surface area (Å²) in [6, 6.07) is 1.77. The Morgan fingerprint density at radius 2 is 2.00 bits per heavy atom. The van der Waals surface area contributed by atoms with Crippen LogP contribution in [0.5, 0.6) is 0 Å². The van der Waals surface area contributed by atoms with Crippen LogP contribution in [-0.4, -0.2) is 28.6 Å². The summed E-state index contributed by atoms with van der Waals surface area (Å²) in [5, 5.41) is 0. The largest absolute Gasteiger partial charge is 0.263 e. The topological polar surface area (TPSA) is 50.5 Å². The lowest BCUT2D eigenvalue weighted by atomic mass is 10.4. The van der Waals surface area contributed by atoms with Gasteiger partial charge in [-0.2, -0.15) is 0 Å². The molecule has 0 atom stereocenters. The first kappa shape index (κ1) is 7.09. The van der Waals surface area contributed by atoms with Crippen molar-refractivity contribution in [1.29, 1.82) is 0 Å². The van der Waals surface area contributed by atoms with E-state index in [-0.39, 0.29) is 0 Å². The number of hydrogen-bond acceptors (Lipinski definition) is 4. The molecular weight excluding hydrogens is 152 g/mol. The monoisotopic (exact) mass is 160 g/mol. The molecule has 0 saturated heterocycles. The molecule has 0 spiro atoms. The first-order valence-electron chi connectivity index (χ1n) is 3.81. The molecule has 2 heterocycles. The zero-order chi connectivity index (χ0) is 8.23. The lowest BCUT2D eigenvalue weighted by Crippen LogP contribution is -2.08. The van der Waals surface area contributed by atoms with Crippen molar-refractivity contribution >= 4 is 12.1 Å². The zero-order valence-corrected chi connectivity index (χ0v) is 6.51. The second kappa shape index (κ2) is 3.21. The Morgan fingerprint density at radius 1 is 1.17 bits per heavy atom. The van der Waals surface area contributed by atoms with Crippen molar-refractivity contribution in [3.05, 3.63) is 24.3 Å². The van der Waals surface area contributed by atoms with Gasteiger partial charge in [0.05, 0.1) is 0 Å². The van der Waals surface area contributed by atoms with Gasteiger partial charge in [0.2, 0.25) is 0 Å². The third-order valence-electron chi connectivity index (χ3n) is 1.50. The molecule has 0 bridgehead atoms. The molecule has 0 radical (unpaired) electrons. The Balaban J connectivity index is 2.31. The molecule has 0 unspecified atom stereocenters. The summed E-state index contributed by atoms with van der Waals surface area (Å²) in [7, 11) is 0. The van der Waals surface area contributed by atoms with Gasteiger partial charge in [-0.25, -0.2) is 15.0 Å². The van der Waals surface area contributed by atoms with Crippen LogP contribution in [-0.2, 0) is 0 Å². The van der Waals surface area contributed by atoms with Crippen LogP contribution in [0, 0.1) is 0 Å². The van der Waals surface area contributed by atoms with Gasteiger partial charge < -0.3 is 0 Å². The highest BCUT2D eigenvalue weighted by Gasteiger charge is 2.05. The molecule has 4 nitrogen and oxygen atoms in total. The van der Waals surface area contributed by atoms with Crippen LogP contribution in [0.25, 0.3) is 0 Å². The highest BCUT2D eigenvalue weighted by Crippen LogP contribution is 1.98. The molecule has 1 aliphatic rings. The Hall–Kier alpha value is -1.58. The molecule has 60 valence electrons. The number of aromatic nitrogens is 2. The SMILES string of the molecule is C1=NC(c2ncccn2)=NCC1. The maximum atomic E-state index is 4.19. The number of aliphatic imine (C=N–C) groups is 2. The number of hydrogen-bond donors (Lipinski definition) is 0. The predicted octanol–water partition coefficient (Wildman–Crippen LogP) is 0.698. The Bertz CT molecular complexity index is 315. The van der Waals surface area contributed by atoms with Crippen LogP contribution in [0.15, 0.2) is 28.4 Å². The molecule has 0 amide bonds. The maximum Gasteiger partial charge on any atom is 0.197 e. The van der Waals surface area contributed by atoms with Crippen molar-refractivity contribution in [3.8, 4) is 0 Å². The minimum atomic E-state index is 0.605. The molecule has 1 aliphatic heterocycles. The van der Waals surface area contributed by atoms with Crippen LogP contribution >= 0.6 is 0 Å². The van der Waals surface area contributed by atoms with E-state index in [1.165, 1.54) is 0 Å². The van der Waals surface area contributed by atoms with Crippen LogP contribution in [0.1, 0.15) is 12.2 Å². The summed E-state index contributed by atoms with van der Waals surface area (Å²) < 4.78 is 0. The Kier molecular flexibility index (Phi) is 1.90. The summed E-state index contributed by atoms with van der Waals surface area (Å²) in [4.78, 5) is 16.4. The van der Waals surface area contributed by atoms with Crippen molar-refractivity contribution in [2.24, 2.45) is 9.98 Å². The number of rotatable bonds is 1. The highest BCUT2D eigenvalue weighted by molar-refractivity contribution is 6.01. The second-order valence-electron chi connectivity index (χ2n) is 2.38. The van der Waals surface area contributed by atoms with Gasteiger partial charge in [0.1, 0.15) is 0 Å². The molecule has 0 aliphatic carbocycles. The summed E-state index contributed by atoms with van der Waals surface area (Å²) in [5.41, 5.74) is 0. The molecule has 0 saturated carbocycles. The van der Waals surface area contributed by atoms with E-state index in [1.807, 2.05) is 6.21 Å². The minimum absolute atomic E-state index is 0.605. The number of nitrogens with zero attached hydrogens (tertiary/aromatic N) is 4. The van der Waals surface area contributed by atoms with Crippen LogP contribution in [0.3, 0.4) is 0 Å². The summed E-state index contributed by atoms with van der Waals surface area (Å²) in [6.45, 7) is 0.789. The van der Waals surface area contributed by atoms with E-state index in [9.17, 15) is 0 Å². The average molecular weight is 160 g/mol. The van der Waals surface area contributed by atoms with Crippen LogP contribution in [0.2, 0.25) is 0 Å².